The Hall–Kier alpha value is -3.76. The Morgan fingerprint density at radius 2 is 2.06 bits per heavy atom. The van der Waals surface area contributed by atoms with Crippen LogP contribution in [-0.4, -0.2) is 51.4 Å². The monoisotopic (exact) mass is 471 g/mol. The van der Waals surface area contributed by atoms with Gasteiger partial charge in [0.2, 0.25) is 5.75 Å². The number of aryl methyl sites for hydroxylation is 1. The molecular formula is C23H26FN5O5. The summed E-state index contributed by atoms with van der Waals surface area (Å²) < 4.78 is 14.8. The van der Waals surface area contributed by atoms with Crippen molar-refractivity contribution in [1.82, 2.24) is 25.1 Å². The fourth-order valence-electron chi connectivity index (χ4n) is 4.73. The molecule has 3 N–H and O–H groups in total. The third-order valence-corrected chi connectivity index (χ3v) is 6.47. The van der Waals surface area contributed by atoms with E-state index < -0.39 is 40.3 Å². The van der Waals surface area contributed by atoms with Gasteiger partial charge < -0.3 is 20.6 Å². The lowest BCUT2D eigenvalue weighted by Gasteiger charge is -2.36. The predicted molar refractivity (Wildman–Crippen MR) is 118 cm³/mol. The number of carbonyl (C=O) groups excluding carboxylic acids is 3. The number of carbonyl (C=O) groups is 3. The molecule has 4 rings (SSSR count). The number of halogens is 1. The van der Waals surface area contributed by atoms with Gasteiger partial charge in [0.15, 0.2) is 5.69 Å². The lowest BCUT2D eigenvalue weighted by atomic mass is 9.90. The standard InChI is InChI=1S/C23H26FN5O5/c1-12-8-13(4-5-15(12)24)10-25-18(31)16-17(30)20(33)29-11-14-6-7-23(9-14,22(29)26-16)27-19(32)21(34)28(2)3/h4-5,8,14,30H,6-7,9-11H2,1-3H3,(H,25,31)(H,27,32). The quantitative estimate of drug-likeness (QED) is 0.558. The largest absolute Gasteiger partial charge is 0.501 e. The van der Waals surface area contributed by atoms with Gasteiger partial charge in [-0.15, -0.1) is 0 Å². The number of amides is 3. The summed E-state index contributed by atoms with van der Waals surface area (Å²) in [5, 5.41) is 15.8. The summed E-state index contributed by atoms with van der Waals surface area (Å²) >= 11 is 0. The second kappa shape index (κ2) is 8.54. The molecule has 2 aliphatic rings. The molecule has 2 atom stereocenters. The molecule has 1 aromatic carbocycles. The van der Waals surface area contributed by atoms with E-state index >= 15 is 0 Å². The number of hydrogen-bond donors (Lipinski definition) is 3. The second-order valence-electron chi connectivity index (χ2n) is 9.16. The van der Waals surface area contributed by atoms with Crippen molar-refractivity contribution in [2.24, 2.45) is 5.92 Å². The molecular weight excluding hydrogens is 445 g/mol. The fourth-order valence-corrected chi connectivity index (χ4v) is 4.73. The highest BCUT2D eigenvalue weighted by atomic mass is 19.1. The Labute approximate surface area is 194 Å². The zero-order chi connectivity index (χ0) is 24.8. The molecule has 2 heterocycles. The Morgan fingerprint density at radius 1 is 1.32 bits per heavy atom. The smallest absolute Gasteiger partial charge is 0.311 e. The Bertz CT molecular complexity index is 1260. The number of benzene rings is 1. The number of nitrogens with zero attached hydrogens (tertiary/aromatic N) is 3. The van der Waals surface area contributed by atoms with Gasteiger partial charge in [0.25, 0.3) is 11.5 Å². The topological polar surface area (TPSA) is 134 Å². The van der Waals surface area contributed by atoms with E-state index in [9.17, 15) is 28.7 Å². The van der Waals surface area contributed by atoms with E-state index in [1.807, 2.05) is 0 Å². The zero-order valence-corrected chi connectivity index (χ0v) is 19.1. The van der Waals surface area contributed by atoms with E-state index in [4.69, 9.17) is 0 Å². The van der Waals surface area contributed by atoms with Gasteiger partial charge in [0, 0.05) is 27.2 Å². The van der Waals surface area contributed by atoms with Gasteiger partial charge in [0.1, 0.15) is 11.6 Å². The van der Waals surface area contributed by atoms with Gasteiger partial charge in [-0.3, -0.25) is 23.7 Å². The highest BCUT2D eigenvalue weighted by Gasteiger charge is 2.50. The van der Waals surface area contributed by atoms with Crippen molar-refractivity contribution < 1.29 is 23.9 Å². The number of hydrogen-bond acceptors (Lipinski definition) is 6. The minimum absolute atomic E-state index is 0.0286. The maximum Gasteiger partial charge on any atom is 0.311 e. The number of aromatic nitrogens is 2. The molecule has 1 saturated carbocycles. The normalized spacial score (nSPS) is 20.4. The first-order valence-electron chi connectivity index (χ1n) is 10.9. The maximum atomic E-state index is 13.5. The van der Waals surface area contributed by atoms with Crippen LogP contribution in [0.3, 0.4) is 0 Å². The molecule has 34 heavy (non-hydrogen) atoms. The molecule has 1 aliphatic heterocycles. The molecule has 180 valence electrons. The summed E-state index contributed by atoms with van der Waals surface area (Å²) in [6, 6.07) is 4.38. The molecule has 0 saturated heterocycles. The molecule has 2 bridgehead atoms. The number of likely N-dealkylation sites (N-methyl/N-ethyl adjacent to an activating group) is 1. The summed E-state index contributed by atoms with van der Waals surface area (Å²) in [6.07, 6.45) is 1.59. The molecule has 0 spiro atoms. The van der Waals surface area contributed by atoms with E-state index in [0.29, 0.717) is 36.9 Å². The lowest BCUT2D eigenvalue weighted by Crippen LogP contribution is -2.54. The third kappa shape index (κ3) is 4.02. The minimum Gasteiger partial charge on any atom is -0.501 e. The average Bonchev–Trinajstić information content (AvgIpc) is 3.13. The molecule has 1 aromatic heterocycles. The van der Waals surface area contributed by atoms with Crippen LogP contribution in [0.2, 0.25) is 0 Å². The molecule has 10 nitrogen and oxygen atoms in total. The van der Waals surface area contributed by atoms with Gasteiger partial charge in [-0.2, -0.15) is 0 Å². The van der Waals surface area contributed by atoms with Crippen molar-refractivity contribution >= 4 is 17.7 Å². The number of nitrogens with one attached hydrogen (secondary N) is 2. The van der Waals surface area contributed by atoms with Gasteiger partial charge in [-0.1, -0.05) is 12.1 Å². The highest BCUT2D eigenvalue weighted by molar-refractivity contribution is 6.35. The Kier molecular flexibility index (Phi) is 5.88. The molecule has 2 unspecified atom stereocenters. The van der Waals surface area contributed by atoms with Crippen molar-refractivity contribution in [2.45, 2.75) is 44.8 Å². The highest BCUT2D eigenvalue weighted by Crippen LogP contribution is 2.45. The molecule has 1 fully saturated rings. The summed E-state index contributed by atoms with van der Waals surface area (Å²) in [5.74, 6) is -3.32. The van der Waals surface area contributed by atoms with Crippen LogP contribution in [0.4, 0.5) is 4.39 Å². The minimum atomic E-state index is -1.10. The first-order chi connectivity index (χ1) is 16.0. The predicted octanol–water partition coefficient (Wildman–Crippen LogP) is 0.540. The average molecular weight is 471 g/mol. The van der Waals surface area contributed by atoms with E-state index in [1.165, 1.54) is 30.8 Å². The number of aromatic hydroxyl groups is 1. The van der Waals surface area contributed by atoms with E-state index in [-0.39, 0.29) is 24.1 Å². The van der Waals surface area contributed by atoms with Crippen LogP contribution < -0.4 is 16.2 Å². The van der Waals surface area contributed by atoms with Crippen LogP contribution >= 0.6 is 0 Å². The van der Waals surface area contributed by atoms with Crippen LogP contribution in [0.5, 0.6) is 5.75 Å². The van der Waals surface area contributed by atoms with Gasteiger partial charge >= 0.3 is 11.8 Å². The summed E-state index contributed by atoms with van der Waals surface area (Å²) in [4.78, 5) is 56.0. The summed E-state index contributed by atoms with van der Waals surface area (Å²) in [5.41, 5.74) is -1.29. The van der Waals surface area contributed by atoms with E-state index in [2.05, 4.69) is 15.6 Å². The molecule has 11 heteroatoms. The SMILES string of the molecule is Cc1cc(CNC(=O)c2nc3n(c(=O)c2O)CC2CCC3(NC(=O)C(=O)N(C)C)C2)ccc1F. The Balaban J connectivity index is 1.66. The summed E-state index contributed by atoms with van der Waals surface area (Å²) in [7, 11) is 2.91. The third-order valence-electron chi connectivity index (χ3n) is 6.47. The summed E-state index contributed by atoms with van der Waals surface area (Å²) in [6.45, 7) is 1.92. The maximum absolute atomic E-state index is 13.5. The first kappa shape index (κ1) is 23.4. The lowest BCUT2D eigenvalue weighted by molar-refractivity contribution is -0.145. The first-order valence-corrected chi connectivity index (χ1v) is 10.9. The molecule has 1 aliphatic carbocycles. The number of rotatable bonds is 4. The van der Waals surface area contributed by atoms with E-state index in [0.717, 1.165) is 4.90 Å². The molecule has 3 amide bonds. The Morgan fingerprint density at radius 3 is 2.74 bits per heavy atom. The fraction of sp³-hybridized carbons (Fsp3) is 0.435. The van der Waals surface area contributed by atoms with Crippen LogP contribution in [0.1, 0.15) is 46.7 Å². The van der Waals surface area contributed by atoms with Gasteiger partial charge in [-0.25, -0.2) is 9.37 Å². The van der Waals surface area contributed by atoms with Gasteiger partial charge in [-0.05, 0) is 49.3 Å². The molecule has 2 aromatic rings. The van der Waals surface area contributed by atoms with Crippen LogP contribution in [-0.2, 0) is 28.2 Å². The zero-order valence-electron chi connectivity index (χ0n) is 19.1. The van der Waals surface area contributed by atoms with Crippen LogP contribution in [0.15, 0.2) is 23.0 Å². The second-order valence-corrected chi connectivity index (χ2v) is 9.16. The van der Waals surface area contributed by atoms with Crippen molar-refractivity contribution in [2.75, 3.05) is 14.1 Å². The van der Waals surface area contributed by atoms with Crippen molar-refractivity contribution in [1.29, 1.82) is 0 Å². The van der Waals surface area contributed by atoms with Gasteiger partial charge in [0.05, 0.1) is 5.54 Å². The molecule has 0 radical (unpaired) electrons. The van der Waals surface area contributed by atoms with Crippen molar-refractivity contribution in [3.8, 4) is 5.75 Å². The van der Waals surface area contributed by atoms with Crippen LogP contribution in [0, 0.1) is 18.7 Å². The van der Waals surface area contributed by atoms with Crippen molar-refractivity contribution in [3.63, 3.8) is 0 Å². The number of fused-ring (bicyclic) bond motifs is 4. The van der Waals surface area contributed by atoms with E-state index in [1.54, 1.807) is 13.0 Å². The van der Waals surface area contributed by atoms with Crippen LogP contribution in [0.25, 0.3) is 0 Å². The van der Waals surface area contributed by atoms with Crippen molar-refractivity contribution in [3.05, 3.63) is 57.0 Å².